The van der Waals surface area contributed by atoms with Crippen molar-refractivity contribution in [2.24, 2.45) is 5.10 Å². The summed E-state index contributed by atoms with van der Waals surface area (Å²) in [6, 6.07) is 18.2. The summed E-state index contributed by atoms with van der Waals surface area (Å²) in [7, 11) is 3.00. The first-order valence-corrected chi connectivity index (χ1v) is 10.1. The van der Waals surface area contributed by atoms with Crippen molar-refractivity contribution in [3.8, 4) is 23.0 Å². The number of rotatable bonds is 9. The maximum Gasteiger partial charge on any atom is 0.343 e. The van der Waals surface area contributed by atoms with Gasteiger partial charge in [-0.15, -0.1) is 0 Å². The first-order valence-electron chi connectivity index (χ1n) is 9.73. The van der Waals surface area contributed by atoms with Crippen LogP contribution in [0.2, 0.25) is 5.02 Å². The zero-order valence-electron chi connectivity index (χ0n) is 17.9. The van der Waals surface area contributed by atoms with Crippen molar-refractivity contribution >= 4 is 29.7 Å². The minimum absolute atomic E-state index is 0.243. The summed E-state index contributed by atoms with van der Waals surface area (Å²) in [4.78, 5) is 24.3. The van der Waals surface area contributed by atoms with Crippen LogP contribution in [-0.2, 0) is 4.79 Å². The van der Waals surface area contributed by atoms with Gasteiger partial charge in [-0.05, 0) is 60.2 Å². The second kappa shape index (κ2) is 11.5. The van der Waals surface area contributed by atoms with Gasteiger partial charge in [0.1, 0.15) is 11.5 Å². The molecule has 8 nitrogen and oxygen atoms in total. The number of hydrogen-bond donors (Lipinski definition) is 1. The Morgan fingerprint density at radius 3 is 2.39 bits per heavy atom. The first kappa shape index (κ1) is 23.6. The van der Waals surface area contributed by atoms with Gasteiger partial charge in [-0.2, -0.15) is 5.10 Å². The van der Waals surface area contributed by atoms with Gasteiger partial charge in [0.2, 0.25) is 0 Å². The molecule has 0 aliphatic carbocycles. The smallest absolute Gasteiger partial charge is 0.343 e. The van der Waals surface area contributed by atoms with E-state index in [1.54, 1.807) is 73.8 Å². The summed E-state index contributed by atoms with van der Waals surface area (Å²) >= 11 is 5.98. The van der Waals surface area contributed by atoms with Gasteiger partial charge >= 0.3 is 5.97 Å². The van der Waals surface area contributed by atoms with Crippen LogP contribution in [0.3, 0.4) is 0 Å². The fourth-order valence-corrected chi connectivity index (χ4v) is 2.84. The topological polar surface area (TPSA) is 95.5 Å². The Morgan fingerprint density at radius 2 is 1.70 bits per heavy atom. The Balaban J connectivity index is 1.57. The number of methoxy groups -OCH3 is 2. The molecule has 1 amide bonds. The molecule has 0 unspecified atom stereocenters. The van der Waals surface area contributed by atoms with E-state index in [1.165, 1.54) is 13.3 Å². The predicted molar refractivity (Wildman–Crippen MR) is 124 cm³/mol. The molecule has 9 heteroatoms. The van der Waals surface area contributed by atoms with E-state index in [-0.39, 0.29) is 12.4 Å². The molecule has 0 aliphatic rings. The molecule has 0 radical (unpaired) electrons. The molecule has 0 atom stereocenters. The molecule has 0 bridgehead atoms. The number of benzene rings is 3. The van der Waals surface area contributed by atoms with Gasteiger partial charge in [0.05, 0.1) is 31.0 Å². The van der Waals surface area contributed by atoms with Crippen molar-refractivity contribution in [3.05, 3.63) is 82.9 Å². The van der Waals surface area contributed by atoms with Crippen LogP contribution in [0, 0.1) is 0 Å². The highest BCUT2D eigenvalue weighted by atomic mass is 35.5. The van der Waals surface area contributed by atoms with Gasteiger partial charge in [0.25, 0.3) is 5.91 Å². The van der Waals surface area contributed by atoms with Crippen molar-refractivity contribution in [1.82, 2.24) is 5.43 Å². The number of nitrogens with one attached hydrogen (secondary N) is 1. The number of hydrogen-bond acceptors (Lipinski definition) is 7. The Hall–Kier alpha value is -4.04. The SMILES string of the molecule is COc1ccc(C(=O)Oc2ccc(/C=N\NC(=O)COc3ccccc3Cl)cc2OC)cc1. The number of para-hydroxylation sites is 1. The molecule has 33 heavy (non-hydrogen) atoms. The average molecular weight is 469 g/mol. The molecule has 170 valence electrons. The summed E-state index contributed by atoms with van der Waals surface area (Å²) in [6.07, 6.45) is 1.42. The van der Waals surface area contributed by atoms with E-state index < -0.39 is 11.9 Å². The quantitative estimate of drug-likeness (QED) is 0.220. The normalized spacial score (nSPS) is 10.5. The summed E-state index contributed by atoms with van der Waals surface area (Å²) in [5.74, 6) is 0.617. The zero-order chi connectivity index (χ0) is 23.6. The molecule has 0 saturated carbocycles. The fourth-order valence-electron chi connectivity index (χ4n) is 2.65. The van der Waals surface area contributed by atoms with E-state index >= 15 is 0 Å². The third-order valence-corrected chi connectivity index (χ3v) is 4.63. The van der Waals surface area contributed by atoms with Crippen molar-refractivity contribution in [2.45, 2.75) is 0 Å². The van der Waals surface area contributed by atoms with E-state index in [4.69, 9.17) is 30.5 Å². The highest BCUT2D eigenvalue weighted by Crippen LogP contribution is 2.28. The van der Waals surface area contributed by atoms with Crippen LogP contribution in [0.1, 0.15) is 15.9 Å². The van der Waals surface area contributed by atoms with Gasteiger partial charge in [-0.25, -0.2) is 10.2 Å². The highest BCUT2D eigenvalue weighted by molar-refractivity contribution is 6.32. The molecule has 0 aromatic heterocycles. The minimum Gasteiger partial charge on any atom is -0.497 e. The largest absolute Gasteiger partial charge is 0.497 e. The summed E-state index contributed by atoms with van der Waals surface area (Å²) < 4.78 is 21.2. The third-order valence-electron chi connectivity index (χ3n) is 4.31. The number of carbonyl (C=O) groups is 2. The second-order valence-corrected chi connectivity index (χ2v) is 6.95. The Morgan fingerprint density at radius 1 is 0.939 bits per heavy atom. The minimum atomic E-state index is -0.539. The van der Waals surface area contributed by atoms with Crippen LogP contribution in [0.15, 0.2) is 71.8 Å². The highest BCUT2D eigenvalue weighted by Gasteiger charge is 2.13. The molecule has 0 aliphatic heterocycles. The molecule has 0 saturated heterocycles. The average Bonchev–Trinajstić information content (AvgIpc) is 2.84. The predicted octanol–water partition coefficient (Wildman–Crippen LogP) is 4.11. The van der Waals surface area contributed by atoms with Gasteiger partial charge in [0.15, 0.2) is 18.1 Å². The lowest BCUT2D eigenvalue weighted by Gasteiger charge is -2.10. The monoisotopic (exact) mass is 468 g/mol. The van der Waals surface area contributed by atoms with Gasteiger partial charge in [-0.3, -0.25) is 4.79 Å². The van der Waals surface area contributed by atoms with Gasteiger partial charge in [0, 0.05) is 0 Å². The lowest BCUT2D eigenvalue weighted by Crippen LogP contribution is -2.24. The third kappa shape index (κ3) is 6.72. The summed E-state index contributed by atoms with van der Waals surface area (Å²) in [5, 5.41) is 4.30. The Labute approximate surface area is 195 Å². The van der Waals surface area contributed by atoms with Crippen LogP contribution in [-0.4, -0.2) is 38.9 Å². The van der Waals surface area contributed by atoms with Gasteiger partial charge < -0.3 is 18.9 Å². The van der Waals surface area contributed by atoms with Crippen LogP contribution in [0.4, 0.5) is 0 Å². The number of hydrazone groups is 1. The molecular formula is C24H21ClN2O6. The van der Waals surface area contributed by atoms with Crippen LogP contribution in [0.5, 0.6) is 23.0 Å². The first-order chi connectivity index (χ1) is 16.0. The molecule has 3 aromatic carbocycles. The van der Waals surface area contributed by atoms with E-state index in [0.29, 0.717) is 33.4 Å². The zero-order valence-corrected chi connectivity index (χ0v) is 18.7. The number of nitrogens with zero attached hydrogens (tertiary/aromatic N) is 1. The van der Waals surface area contributed by atoms with Crippen molar-refractivity contribution < 1.29 is 28.5 Å². The van der Waals surface area contributed by atoms with Crippen LogP contribution < -0.4 is 24.4 Å². The maximum absolute atomic E-state index is 12.4. The van der Waals surface area contributed by atoms with E-state index in [1.807, 2.05) is 0 Å². The summed E-state index contributed by atoms with van der Waals surface area (Å²) in [5.41, 5.74) is 3.34. The van der Waals surface area contributed by atoms with Crippen molar-refractivity contribution in [2.75, 3.05) is 20.8 Å². The Bertz CT molecular complexity index is 1150. The number of ether oxygens (including phenoxy) is 4. The Kier molecular flexibility index (Phi) is 8.26. The lowest BCUT2D eigenvalue weighted by molar-refractivity contribution is -0.123. The van der Waals surface area contributed by atoms with Crippen molar-refractivity contribution in [1.29, 1.82) is 0 Å². The molecular weight excluding hydrogens is 448 g/mol. The van der Waals surface area contributed by atoms with Crippen molar-refractivity contribution in [3.63, 3.8) is 0 Å². The standard InChI is InChI=1S/C24H21ClN2O6/c1-30-18-10-8-17(9-11-18)24(29)33-21-12-7-16(13-22(21)31-2)14-26-27-23(28)15-32-20-6-4-3-5-19(20)25/h3-14H,15H2,1-2H3,(H,27,28)/b26-14-. The molecule has 0 fully saturated rings. The number of esters is 1. The second-order valence-electron chi connectivity index (χ2n) is 6.54. The molecule has 0 heterocycles. The number of carbonyl (C=O) groups excluding carboxylic acids is 2. The summed E-state index contributed by atoms with van der Waals surface area (Å²) in [6.45, 7) is -0.245. The van der Waals surface area contributed by atoms with E-state index in [9.17, 15) is 9.59 Å². The lowest BCUT2D eigenvalue weighted by atomic mass is 10.2. The fraction of sp³-hybridized carbons (Fsp3) is 0.125. The molecule has 3 aromatic rings. The molecule has 1 N–H and O–H groups in total. The van der Waals surface area contributed by atoms with E-state index in [0.717, 1.165) is 0 Å². The van der Waals surface area contributed by atoms with E-state index in [2.05, 4.69) is 10.5 Å². The number of amides is 1. The van der Waals surface area contributed by atoms with Gasteiger partial charge in [-0.1, -0.05) is 23.7 Å². The number of halogens is 1. The molecule has 3 rings (SSSR count). The van der Waals surface area contributed by atoms with Crippen LogP contribution in [0.25, 0.3) is 0 Å². The molecule has 0 spiro atoms. The maximum atomic E-state index is 12.4. The van der Waals surface area contributed by atoms with Crippen LogP contribution >= 0.6 is 11.6 Å².